The van der Waals surface area contributed by atoms with Crippen LogP contribution in [0.2, 0.25) is 0 Å². The molecule has 0 heterocycles. The molecular weight excluding hydrogens is 249 g/mol. The summed E-state index contributed by atoms with van der Waals surface area (Å²) >= 11 is 5.54. The summed E-state index contributed by atoms with van der Waals surface area (Å²) in [6, 6.07) is 0. The molecule has 1 unspecified atom stereocenters. The molecule has 0 radical (unpaired) electrons. The maximum absolute atomic E-state index is 12.4. The summed E-state index contributed by atoms with van der Waals surface area (Å²) in [6.45, 7) is -0.693. The lowest BCUT2D eigenvalue weighted by atomic mass is 9.90. The molecule has 0 aromatic carbocycles. The number of halogens is 4. The van der Waals surface area contributed by atoms with E-state index in [1.165, 1.54) is 0 Å². The number of allylic oxidation sites excluding steroid dienone is 2. The van der Waals surface area contributed by atoms with Gasteiger partial charge >= 0.3 is 12.1 Å². The standard InChI is InChI=1S/C9H8ClF3O3/c10-7-2-4(9(11,12)13)1-5(8(15)16)6(7)3-14/h1,4,14H,2-3H2,(H,15,16). The highest BCUT2D eigenvalue weighted by molar-refractivity contribution is 6.30. The molecule has 2 N–H and O–H groups in total. The van der Waals surface area contributed by atoms with Gasteiger partial charge in [-0.2, -0.15) is 13.2 Å². The Morgan fingerprint density at radius 2 is 2.12 bits per heavy atom. The molecule has 0 aromatic heterocycles. The van der Waals surface area contributed by atoms with E-state index in [1.807, 2.05) is 0 Å². The van der Waals surface area contributed by atoms with Gasteiger partial charge in [0.15, 0.2) is 0 Å². The Morgan fingerprint density at radius 3 is 2.50 bits per heavy atom. The Morgan fingerprint density at radius 1 is 1.56 bits per heavy atom. The molecular formula is C9H8ClF3O3. The number of aliphatic carboxylic acids is 1. The number of hydrogen-bond acceptors (Lipinski definition) is 2. The normalized spacial score (nSPS) is 22.1. The van der Waals surface area contributed by atoms with Crippen molar-refractivity contribution in [3.8, 4) is 0 Å². The number of carbonyl (C=O) groups is 1. The third-order valence-corrected chi connectivity index (χ3v) is 2.61. The van der Waals surface area contributed by atoms with Crippen LogP contribution in [-0.2, 0) is 4.79 Å². The molecule has 0 fully saturated rings. The van der Waals surface area contributed by atoms with Gasteiger partial charge in [0.05, 0.1) is 18.1 Å². The van der Waals surface area contributed by atoms with Crippen molar-refractivity contribution < 1.29 is 28.2 Å². The van der Waals surface area contributed by atoms with Crippen LogP contribution in [0.3, 0.4) is 0 Å². The second-order valence-corrected chi connectivity index (χ2v) is 3.74. The average molecular weight is 257 g/mol. The molecule has 0 aliphatic heterocycles. The summed E-state index contributed by atoms with van der Waals surface area (Å²) in [6.07, 6.45) is -4.49. The fourth-order valence-electron chi connectivity index (χ4n) is 1.40. The summed E-state index contributed by atoms with van der Waals surface area (Å²) in [4.78, 5) is 10.7. The second-order valence-electron chi connectivity index (χ2n) is 3.28. The molecule has 1 aliphatic rings. The number of rotatable bonds is 2. The van der Waals surface area contributed by atoms with E-state index in [4.69, 9.17) is 21.8 Å². The minimum atomic E-state index is -4.54. The number of carboxylic acids is 1. The number of alkyl halides is 3. The summed E-state index contributed by atoms with van der Waals surface area (Å²) in [5.74, 6) is -3.45. The topological polar surface area (TPSA) is 57.5 Å². The van der Waals surface area contributed by atoms with Gasteiger partial charge in [-0.3, -0.25) is 0 Å². The molecule has 0 bridgehead atoms. The van der Waals surface area contributed by atoms with Crippen molar-refractivity contribution in [1.29, 1.82) is 0 Å². The van der Waals surface area contributed by atoms with E-state index < -0.39 is 36.7 Å². The Hall–Kier alpha value is -1.01. The SMILES string of the molecule is O=C(O)C1=CC(C(F)(F)F)CC(Cl)=C1CO. The van der Waals surface area contributed by atoms with E-state index in [2.05, 4.69) is 0 Å². The molecule has 0 spiro atoms. The van der Waals surface area contributed by atoms with Crippen LogP contribution in [-0.4, -0.2) is 29.0 Å². The quantitative estimate of drug-likeness (QED) is 0.795. The van der Waals surface area contributed by atoms with Gasteiger partial charge in [0, 0.05) is 10.6 Å². The monoisotopic (exact) mass is 256 g/mol. The molecule has 0 saturated carbocycles. The Bertz CT molecular complexity index is 371. The molecule has 16 heavy (non-hydrogen) atoms. The van der Waals surface area contributed by atoms with E-state index >= 15 is 0 Å². The van der Waals surface area contributed by atoms with E-state index in [0.29, 0.717) is 6.08 Å². The average Bonchev–Trinajstić information content (AvgIpc) is 2.14. The predicted molar refractivity (Wildman–Crippen MR) is 49.8 cm³/mol. The Kier molecular flexibility index (Phi) is 3.64. The van der Waals surface area contributed by atoms with Gasteiger partial charge in [0.1, 0.15) is 0 Å². The lowest BCUT2D eigenvalue weighted by Crippen LogP contribution is -2.26. The van der Waals surface area contributed by atoms with Crippen molar-refractivity contribution in [1.82, 2.24) is 0 Å². The summed E-state index contributed by atoms with van der Waals surface area (Å²) < 4.78 is 37.2. The van der Waals surface area contributed by atoms with Crippen LogP contribution in [0.15, 0.2) is 22.3 Å². The molecule has 0 saturated heterocycles. The lowest BCUT2D eigenvalue weighted by Gasteiger charge is -2.23. The van der Waals surface area contributed by atoms with Crippen molar-refractivity contribution in [2.75, 3.05) is 6.61 Å². The first-order valence-electron chi connectivity index (χ1n) is 4.28. The fourth-order valence-corrected chi connectivity index (χ4v) is 1.73. The minimum absolute atomic E-state index is 0.158. The second kappa shape index (κ2) is 4.47. The third-order valence-electron chi connectivity index (χ3n) is 2.23. The van der Waals surface area contributed by atoms with Gasteiger partial charge in [-0.25, -0.2) is 4.79 Å². The highest BCUT2D eigenvalue weighted by Crippen LogP contribution is 2.39. The Labute approximate surface area is 93.8 Å². The van der Waals surface area contributed by atoms with E-state index in [9.17, 15) is 18.0 Å². The first-order chi connectivity index (χ1) is 7.27. The first-order valence-corrected chi connectivity index (χ1v) is 4.65. The predicted octanol–water partition coefficient (Wildman–Crippen LogP) is 2.06. The maximum Gasteiger partial charge on any atom is 0.395 e. The van der Waals surface area contributed by atoms with Crippen LogP contribution in [0.25, 0.3) is 0 Å². The smallest absolute Gasteiger partial charge is 0.395 e. The first kappa shape index (κ1) is 13.1. The third kappa shape index (κ3) is 2.56. The van der Waals surface area contributed by atoms with Crippen LogP contribution in [0, 0.1) is 5.92 Å². The summed E-state index contributed by atoms with van der Waals surface area (Å²) in [5, 5.41) is 17.3. The van der Waals surface area contributed by atoms with Gasteiger partial charge in [-0.15, -0.1) is 0 Å². The zero-order valence-electron chi connectivity index (χ0n) is 7.88. The van der Waals surface area contributed by atoms with Crippen molar-refractivity contribution in [2.24, 2.45) is 5.92 Å². The molecule has 1 atom stereocenters. The van der Waals surface area contributed by atoms with Crippen LogP contribution < -0.4 is 0 Å². The number of carboxylic acid groups (broad SMARTS) is 1. The molecule has 1 rings (SSSR count). The summed E-state index contributed by atoms with van der Waals surface area (Å²) in [5.41, 5.74) is -0.740. The number of hydrogen-bond donors (Lipinski definition) is 2. The van der Waals surface area contributed by atoms with Crippen molar-refractivity contribution in [3.63, 3.8) is 0 Å². The van der Waals surface area contributed by atoms with Gasteiger partial charge in [0.2, 0.25) is 0 Å². The van der Waals surface area contributed by atoms with Crippen molar-refractivity contribution in [3.05, 3.63) is 22.3 Å². The lowest BCUT2D eigenvalue weighted by molar-refractivity contribution is -0.161. The highest BCUT2D eigenvalue weighted by atomic mass is 35.5. The van der Waals surface area contributed by atoms with Crippen LogP contribution in [0.5, 0.6) is 0 Å². The van der Waals surface area contributed by atoms with Crippen LogP contribution >= 0.6 is 11.6 Å². The number of aliphatic hydroxyl groups excluding tert-OH is 1. The van der Waals surface area contributed by atoms with E-state index in [-0.39, 0.29) is 10.6 Å². The molecule has 1 aliphatic carbocycles. The van der Waals surface area contributed by atoms with Crippen molar-refractivity contribution in [2.45, 2.75) is 12.6 Å². The molecule has 7 heteroatoms. The largest absolute Gasteiger partial charge is 0.478 e. The molecule has 3 nitrogen and oxygen atoms in total. The minimum Gasteiger partial charge on any atom is -0.478 e. The van der Waals surface area contributed by atoms with Gasteiger partial charge in [-0.1, -0.05) is 17.7 Å². The molecule has 90 valence electrons. The van der Waals surface area contributed by atoms with Gasteiger partial charge in [-0.05, 0) is 6.42 Å². The van der Waals surface area contributed by atoms with Gasteiger partial charge in [0.25, 0.3) is 0 Å². The maximum atomic E-state index is 12.4. The highest BCUT2D eigenvalue weighted by Gasteiger charge is 2.41. The molecule has 0 amide bonds. The molecule has 0 aromatic rings. The summed E-state index contributed by atoms with van der Waals surface area (Å²) in [7, 11) is 0. The zero-order valence-corrected chi connectivity index (χ0v) is 8.64. The van der Waals surface area contributed by atoms with E-state index in [0.717, 1.165) is 0 Å². The number of aliphatic hydroxyl groups is 1. The Balaban J connectivity index is 3.15. The fraction of sp³-hybridized carbons (Fsp3) is 0.444. The van der Waals surface area contributed by atoms with Crippen LogP contribution in [0.1, 0.15) is 6.42 Å². The van der Waals surface area contributed by atoms with Crippen molar-refractivity contribution >= 4 is 17.6 Å². The van der Waals surface area contributed by atoms with Crippen LogP contribution in [0.4, 0.5) is 13.2 Å². The van der Waals surface area contributed by atoms with E-state index in [1.54, 1.807) is 0 Å². The van der Waals surface area contributed by atoms with Gasteiger partial charge < -0.3 is 10.2 Å². The zero-order chi connectivity index (χ0) is 12.5.